The molecule has 1 fully saturated rings. The largest absolute Gasteiger partial charge is 0.404 e. The molecule has 0 unspecified atom stereocenters. The number of aromatic nitrogens is 1. The van der Waals surface area contributed by atoms with Crippen LogP contribution < -0.4 is 11.1 Å². The Morgan fingerprint density at radius 2 is 2.03 bits per heavy atom. The molecule has 0 bridgehead atoms. The zero-order chi connectivity index (χ0) is 21.9. The van der Waals surface area contributed by atoms with E-state index in [2.05, 4.69) is 20.2 Å². The highest BCUT2D eigenvalue weighted by Crippen LogP contribution is 2.18. The van der Waals surface area contributed by atoms with E-state index >= 15 is 0 Å². The minimum atomic E-state index is -0.212. The first-order valence-corrected chi connectivity index (χ1v) is 10.4. The van der Waals surface area contributed by atoms with Gasteiger partial charge >= 0.3 is 0 Å². The molecule has 1 aliphatic heterocycles. The van der Waals surface area contributed by atoms with Crippen LogP contribution in [0.1, 0.15) is 23.6 Å². The van der Waals surface area contributed by atoms with Crippen molar-refractivity contribution in [3.05, 3.63) is 71.7 Å². The fourth-order valence-corrected chi connectivity index (χ4v) is 3.25. The summed E-state index contributed by atoms with van der Waals surface area (Å²) in [5.41, 5.74) is 10.2. The van der Waals surface area contributed by atoms with Crippen molar-refractivity contribution in [2.24, 2.45) is 10.7 Å². The van der Waals surface area contributed by atoms with Crippen LogP contribution in [0.3, 0.4) is 0 Å². The first-order valence-electron chi connectivity index (χ1n) is 10.4. The maximum atomic E-state index is 12.4. The van der Waals surface area contributed by atoms with Crippen LogP contribution in [0.4, 0.5) is 5.69 Å². The third kappa shape index (κ3) is 6.87. The van der Waals surface area contributed by atoms with Crippen molar-refractivity contribution in [1.29, 1.82) is 0 Å². The van der Waals surface area contributed by atoms with E-state index in [4.69, 9.17) is 10.5 Å². The molecule has 1 saturated heterocycles. The number of nitrogens with one attached hydrogen (secondary N) is 1. The number of pyridine rings is 1. The maximum absolute atomic E-state index is 12.4. The molecular weight excluding hydrogens is 390 g/mol. The molecule has 3 N–H and O–H groups in total. The van der Waals surface area contributed by atoms with E-state index < -0.39 is 0 Å². The Morgan fingerprint density at radius 3 is 2.74 bits per heavy atom. The predicted molar refractivity (Wildman–Crippen MR) is 126 cm³/mol. The second-order valence-electron chi connectivity index (χ2n) is 7.12. The van der Waals surface area contributed by atoms with E-state index in [-0.39, 0.29) is 5.91 Å². The zero-order valence-electron chi connectivity index (χ0n) is 17.8. The van der Waals surface area contributed by atoms with E-state index in [0.717, 1.165) is 55.2 Å². The average molecular weight is 420 g/mol. The lowest BCUT2D eigenvalue weighted by molar-refractivity contribution is -0.111. The number of hydrogen-bond donors (Lipinski definition) is 2. The Bertz CT molecular complexity index is 945. The van der Waals surface area contributed by atoms with Crippen molar-refractivity contribution >= 4 is 29.5 Å². The maximum Gasteiger partial charge on any atom is 0.248 e. The monoisotopic (exact) mass is 419 g/mol. The molecule has 0 atom stereocenters. The van der Waals surface area contributed by atoms with E-state index in [0.29, 0.717) is 6.54 Å². The van der Waals surface area contributed by atoms with Crippen molar-refractivity contribution < 1.29 is 9.53 Å². The lowest BCUT2D eigenvalue weighted by Gasteiger charge is -2.26. The van der Waals surface area contributed by atoms with Gasteiger partial charge in [-0.3, -0.25) is 19.7 Å². The summed E-state index contributed by atoms with van der Waals surface area (Å²) in [4.78, 5) is 23.2. The van der Waals surface area contributed by atoms with Gasteiger partial charge in [-0.05, 0) is 42.3 Å². The van der Waals surface area contributed by atoms with Crippen molar-refractivity contribution in [2.75, 3.05) is 38.2 Å². The summed E-state index contributed by atoms with van der Waals surface area (Å²) in [6.45, 7) is 6.98. The first-order chi connectivity index (χ1) is 15.2. The lowest BCUT2D eigenvalue weighted by Crippen LogP contribution is -2.35. The molecule has 2 aromatic rings. The average Bonchev–Trinajstić information content (AvgIpc) is 2.81. The second-order valence-corrected chi connectivity index (χ2v) is 7.12. The Hall–Kier alpha value is -3.29. The van der Waals surface area contributed by atoms with Gasteiger partial charge < -0.3 is 15.8 Å². The van der Waals surface area contributed by atoms with Crippen LogP contribution in [0.2, 0.25) is 0 Å². The molecule has 7 heteroatoms. The molecule has 0 aliphatic carbocycles. The highest BCUT2D eigenvalue weighted by Gasteiger charge is 2.10. The highest BCUT2D eigenvalue weighted by atomic mass is 16.5. The number of nitrogens with two attached hydrogens (primary N) is 1. The highest BCUT2D eigenvalue weighted by molar-refractivity contribution is 6.11. The summed E-state index contributed by atoms with van der Waals surface area (Å²) in [6, 6.07) is 9.78. The fraction of sp³-hybridized carbons (Fsp3) is 0.292. The molecule has 3 rings (SSSR count). The summed E-state index contributed by atoms with van der Waals surface area (Å²) < 4.78 is 5.38. The zero-order valence-corrected chi connectivity index (χ0v) is 17.8. The van der Waals surface area contributed by atoms with E-state index in [1.165, 1.54) is 17.8 Å². The van der Waals surface area contributed by atoms with Crippen LogP contribution in [0, 0.1) is 0 Å². The Balaban J connectivity index is 1.61. The molecule has 1 aliphatic rings. The van der Waals surface area contributed by atoms with Crippen LogP contribution in [0.25, 0.3) is 11.6 Å². The molecule has 1 amide bonds. The number of aliphatic imine (C=N–C) groups is 1. The number of ether oxygens (including phenoxy) is 1. The van der Waals surface area contributed by atoms with Gasteiger partial charge in [0, 0.05) is 73.9 Å². The minimum Gasteiger partial charge on any atom is -0.404 e. The number of carbonyl (C=O) groups excluding carboxylic acids is 1. The lowest BCUT2D eigenvalue weighted by atomic mass is 10.0. The standard InChI is InChI=1S/C24H29N5O2/c1-2-26-17-21(15-25)23-9-10-27-16-20(23)5-8-24(30)28-22-6-3-19(4-7-22)18-29-11-13-31-14-12-29/h3-10,15-17H,2,11-14,18,25H2,1H3,(H,28,30)/b8-5+,21-15?,26-17?. The number of anilines is 1. The van der Waals surface area contributed by atoms with Gasteiger partial charge in [-0.25, -0.2) is 0 Å². The quantitative estimate of drug-likeness (QED) is 0.507. The Morgan fingerprint density at radius 1 is 1.26 bits per heavy atom. The van der Waals surface area contributed by atoms with Crippen molar-refractivity contribution in [1.82, 2.24) is 9.88 Å². The molecule has 0 spiro atoms. The molecule has 1 aromatic carbocycles. The van der Waals surface area contributed by atoms with Gasteiger partial charge in [0.25, 0.3) is 0 Å². The number of amides is 1. The number of hydrogen-bond acceptors (Lipinski definition) is 6. The van der Waals surface area contributed by atoms with Gasteiger partial charge in [0.15, 0.2) is 0 Å². The SMILES string of the molecule is CCN=CC(=CN)c1ccncc1/C=C/C(=O)Nc1ccc(CN2CCOCC2)cc1. The second kappa shape index (κ2) is 11.8. The molecule has 1 aromatic heterocycles. The van der Waals surface area contributed by atoms with Crippen molar-refractivity contribution in [3.8, 4) is 0 Å². The van der Waals surface area contributed by atoms with Gasteiger partial charge in [-0.15, -0.1) is 0 Å². The van der Waals surface area contributed by atoms with Gasteiger partial charge in [0.05, 0.1) is 13.2 Å². The molecule has 162 valence electrons. The minimum absolute atomic E-state index is 0.212. The Kier molecular flexibility index (Phi) is 8.51. The fourth-order valence-electron chi connectivity index (χ4n) is 3.25. The number of rotatable bonds is 8. The molecule has 0 saturated carbocycles. The molecule has 0 radical (unpaired) electrons. The summed E-state index contributed by atoms with van der Waals surface area (Å²) >= 11 is 0. The van der Waals surface area contributed by atoms with Crippen LogP contribution >= 0.6 is 0 Å². The van der Waals surface area contributed by atoms with Crippen LogP contribution in [0.5, 0.6) is 0 Å². The number of nitrogens with zero attached hydrogens (tertiary/aromatic N) is 3. The summed E-state index contributed by atoms with van der Waals surface area (Å²) in [7, 11) is 0. The molecule has 31 heavy (non-hydrogen) atoms. The number of allylic oxidation sites excluding steroid dienone is 1. The molecular formula is C24H29N5O2. The van der Waals surface area contributed by atoms with Gasteiger partial charge in [-0.1, -0.05) is 12.1 Å². The number of benzene rings is 1. The van der Waals surface area contributed by atoms with Crippen LogP contribution in [0.15, 0.2) is 60.0 Å². The van der Waals surface area contributed by atoms with Crippen LogP contribution in [-0.2, 0) is 16.1 Å². The topological polar surface area (TPSA) is 92.8 Å². The molecule has 2 heterocycles. The number of morpholine rings is 1. The van der Waals surface area contributed by atoms with Gasteiger partial charge in [0.1, 0.15) is 0 Å². The third-order valence-electron chi connectivity index (χ3n) is 4.90. The number of carbonyl (C=O) groups is 1. The van der Waals surface area contributed by atoms with Crippen molar-refractivity contribution in [3.63, 3.8) is 0 Å². The van der Waals surface area contributed by atoms with E-state index in [9.17, 15) is 4.79 Å². The normalized spacial score (nSPS) is 15.6. The summed E-state index contributed by atoms with van der Waals surface area (Å²) in [6.07, 6.45) is 9.84. The summed E-state index contributed by atoms with van der Waals surface area (Å²) in [5.74, 6) is -0.212. The van der Waals surface area contributed by atoms with Crippen molar-refractivity contribution in [2.45, 2.75) is 13.5 Å². The Labute approximate surface area is 183 Å². The predicted octanol–water partition coefficient (Wildman–Crippen LogP) is 2.96. The summed E-state index contributed by atoms with van der Waals surface area (Å²) in [5, 5.41) is 2.89. The molecule has 7 nitrogen and oxygen atoms in total. The van der Waals surface area contributed by atoms with E-state index in [1.807, 2.05) is 37.3 Å². The third-order valence-corrected chi connectivity index (χ3v) is 4.90. The van der Waals surface area contributed by atoms with Gasteiger partial charge in [0.2, 0.25) is 5.91 Å². The van der Waals surface area contributed by atoms with Gasteiger partial charge in [-0.2, -0.15) is 0 Å². The first kappa shape index (κ1) is 22.4. The smallest absolute Gasteiger partial charge is 0.248 e. The van der Waals surface area contributed by atoms with Crippen LogP contribution in [-0.4, -0.2) is 54.9 Å². The van der Waals surface area contributed by atoms with E-state index in [1.54, 1.807) is 24.7 Å².